The summed E-state index contributed by atoms with van der Waals surface area (Å²) in [7, 11) is 1.46. The maximum absolute atomic E-state index is 13.7. The SMILES string of the molecule is C/N=C/[C@H](C[C@@H]1CCC2(CC2)NC1=O)NC(=O)[C@H](CC1CC1(F)F)NC(=O)[C@@H](NC(=O)C(F)(F)F)C(C)(C)C. The number of halogens is 5. The van der Waals surface area contributed by atoms with Gasteiger partial charge in [0.2, 0.25) is 17.7 Å². The zero-order valence-corrected chi connectivity index (χ0v) is 22.4. The van der Waals surface area contributed by atoms with Crippen molar-refractivity contribution >= 4 is 29.8 Å². The zero-order valence-electron chi connectivity index (χ0n) is 22.4. The highest BCUT2D eigenvalue weighted by Gasteiger charge is 2.58. The predicted molar refractivity (Wildman–Crippen MR) is 131 cm³/mol. The molecule has 1 aliphatic heterocycles. The molecule has 0 radical (unpaired) electrons. The molecule has 39 heavy (non-hydrogen) atoms. The van der Waals surface area contributed by atoms with E-state index in [1.165, 1.54) is 34.0 Å². The Morgan fingerprint density at radius 2 is 1.67 bits per heavy atom. The minimum atomic E-state index is -5.26. The second-order valence-corrected chi connectivity index (χ2v) is 12.0. The molecule has 1 heterocycles. The number of rotatable bonds is 10. The van der Waals surface area contributed by atoms with Crippen LogP contribution < -0.4 is 21.3 Å². The molecule has 5 atom stereocenters. The minimum absolute atomic E-state index is 0.124. The van der Waals surface area contributed by atoms with Crippen molar-refractivity contribution < 1.29 is 41.1 Å². The van der Waals surface area contributed by atoms with Crippen molar-refractivity contribution in [1.82, 2.24) is 21.3 Å². The molecule has 0 aromatic heterocycles. The molecular formula is C25H36F5N5O4. The number of hydrogen-bond donors (Lipinski definition) is 4. The van der Waals surface area contributed by atoms with E-state index >= 15 is 0 Å². The summed E-state index contributed by atoms with van der Waals surface area (Å²) in [5.41, 5.74) is -1.33. The van der Waals surface area contributed by atoms with Crippen molar-refractivity contribution in [2.24, 2.45) is 22.2 Å². The van der Waals surface area contributed by atoms with Crippen molar-refractivity contribution in [2.45, 2.75) is 101 Å². The summed E-state index contributed by atoms with van der Waals surface area (Å²) in [6.45, 7) is 4.23. The summed E-state index contributed by atoms with van der Waals surface area (Å²) < 4.78 is 66.0. The molecule has 0 aromatic rings. The van der Waals surface area contributed by atoms with Crippen LogP contribution in [-0.2, 0) is 19.2 Å². The molecule has 4 N–H and O–H groups in total. The van der Waals surface area contributed by atoms with E-state index in [0.29, 0.717) is 6.42 Å². The fourth-order valence-electron chi connectivity index (χ4n) is 4.87. The zero-order chi connectivity index (χ0) is 29.4. The van der Waals surface area contributed by atoms with Gasteiger partial charge in [0.15, 0.2) is 0 Å². The Balaban J connectivity index is 1.72. The van der Waals surface area contributed by atoms with Gasteiger partial charge in [-0.3, -0.25) is 24.2 Å². The van der Waals surface area contributed by atoms with Crippen LogP contribution in [0.4, 0.5) is 22.0 Å². The summed E-state index contributed by atoms with van der Waals surface area (Å²) in [6.07, 6.45) is -1.36. The molecule has 0 bridgehead atoms. The van der Waals surface area contributed by atoms with E-state index in [-0.39, 0.29) is 17.9 Å². The van der Waals surface area contributed by atoms with E-state index in [2.05, 4.69) is 20.9 Å². The molecule has 1 unspecified atom stereocenters. The van der Waals surface area contributed by atoms with Crippen LogP contribution >= 0.6 is 0 Å². The van der Waals surface area contributed by atoms with Gasteiger partial charge in [0.1, 0.15) is 12.1 Å². The third-order valence-corrected chi connectivity index (χ3v) is 7.55. The normalized spacial score (nSPS) is 25.8. The number of alkyl halides is 5. The predicted octanol–water partition coefficient (Wildman–Crippen LogP) is 2.24. The van der Waals surface area contributed by atoms with Gasteiger partial charge in [-0.25, -0.2) is 8.78 Å². The molecule has 0 aromatic carbocycles. The molecule has 2 saturated carbocycles. The van der Waals surface area contributed by atoms with Crippen molar-refractivity contribution in [3.05, 3.63) is 0 Å². The number of carbonyl (C=O) groups is 4. The number of nitrogens with zero attached hydrogens (tertiary/aromatic N) is 1. The van der Waals surface area contributed by atoms with E-state index in [0.717, 1.165) is 19.3 Å². The lowest BCUT2D eigenvalue weighted by Crippen LogP contribution is -2.60. The number of hydrogen-bond acceptors (Lipinski definition) is 5. The average molecular weight is 566 g/mol. The summed E-state index contributed by atoms with van der Waals surface area (Å²) in [5, 5.41) is 9.56. The molecule has 1 saturated heterocycles. The highest BCUT2D eigenvalue weighted by Crippen LogP contribution is 2.51. The van der Waals surface area contributed by atoms with Gasteiger partial charge in [0.05, 0.1) is 6.04 Å². The minimum Gasteiger partial charge on any atom is -0.350 e. The lowest BCUT2D eigenvalue weighted by Gasteiger charge is -2.33. The number of nitrogens with one attached hydrogen (secondary N) is 4. The third kappa shape index (κ3) is 8.10. The van der Waals surface area contributed by atoms with E-state index in [1.807, 2.05) is 0 Å². The monoisotopic (exact) mass is 565 g/mol. The van der Waals surface area contributed by atoms with Crippen molar-refractivity contribution in [3.8, 4) is 0 Å². The molecule has 9 nitrogen and oxygen atoms in total. The van der Waals surface area contributed by atoms with Gasteiger partial charge in [-0.15, -0.1) is 0 Å². The molecule has 3 rings (SSSR count). The largest absolute Gasteiger partial charge is 0.471 e. The maximum Gasteiger partial charge on any atom is 0.471 e. The number of piperidine rings is 1. The summed E-state index contributed by atoms with van der Waals surface area (Å²) in [4.78, 5) is 54.3. The van der Waals surface area contributed by atoms with E-state index in [9.17, 15) is 41.1 Å². The quantitative estimate of drug-likeness (QED) is 0.239. The van der Waals surface area contributed by atoms with Crippen LogP contribution in [0.25, 0.3) is 0 Å². The van der Waals surface area contributed by atoms with Crippen LogP contribution in [0.5, 0.6) is 0 Å². The van der Waals surface area contributed by atoms with Crippen molar-refractivity contribution in [2.75, 3.05) is 7.05 Å². The topological polar surface area (TPSA) is 129 Å². The number of carbonyl (C=O) groups excluding carboxylic acids is 4. The summed E-state index contributed by atoms with van der Waals surface area (Å²) in [5.74, 6) is -9.09. The van der Waals surface area contributed by atoms with Crippen LogP contribution in [0.15, 0.2) is 4.99 Å². The molecule has 220 valence electrons. The summed E-state index contributed by atoms with van der Waals surface area (Å²) >= 11 is 0. The fourth-order valence-corrected chi connectivity index (χ4v) is 4.87. The fraction of sp³-hybridized carbons (Fsp3) is 0.800. The summed E-state index contributed by atoms with van der Waals surface area (Å²) in [6, 6.07) is -3.99. The van der Waals surface area contributed by atoms with Gasteiger partial charge in [-0.05, 0) is 43.9 Å². The second kappa shape index (κ2) is 11.0. The van der Waals surface area contributed by atoms with Gasteiger partial charge < -0.3 is 21.3 Å². The lowest BCUT2D eigenvalue weighted by atomic mass is 9.85. The molecule has 2 aliphatic carbocycles. The second-order valence-electron chi connectivity index (χ2n) is 12.0. The molecule has 3 aliphatic rings. The number of aliphatic imine (C=N–C) groups is 1. The van der Waals surface area contributed by atoms with Gasteiger partial charge in [0, 0.05) is 37.1 Å². The third-order valence-electron chi connectivity index (χ3n) is 7.55. The molecule has 3 fully saturated rings. The first-order valence-electron chi connectivity index (χ1n) is 13.0. The van der Waals surface area contributed by atoms with Gasteiger partial charge >= 0.3 is 12.1 Å². The number of amides is 4. The van der Waals surface area contributed by atoms with Gasteiger partial charge in [0.25, 0.3) is 5.92 Å². The van der Waals surface area contributed by atoms with E-state index in [1.54, 1.807) is 5.32 Å². The van der Waals surface area contributed by atoms with Crippen LogP contribution in [-0.4, -0.2) is 72.7 Å². The standard InChI is InChI=1S/C25H36F5N5O4/c1-22(2,3)17(34-21(39)25(28,29)30)20(38)33-16(10-14-11-24(14,26)27)19(37)32-15(12-31-4)9-13-5-6-23(7-8-23)35-18(13)36/h12-17H,5-11H2,1-4H3,(H,32,37)(H,33,38)(H,34,39)(H,35,36)/b31-12+/t13-,14?,15-,16-,17+/m0/s1. The van der Waals surface area contributed by atoms with Crippen LogP contribution in [0.3, 0.4) is 0 Å². The smallest absolute Gasteiger partial charge is 0.350 e. The van der Waals surface area contributed by atoms with Gasteiger partial charge in [-0.1, -0.05) is 20.8 Å². The Labute approximate surface area is 223 Å². The molecule has 14 heteroatoms. The molecule has 1 spiro atoms. The van der Waals surface area contributed by atoms with Crippen molar-refractivity contribution in [1.29, 1.82) is 0 Å². The Bertz CT molecular complexity index is 1010. The maximum atomic E-state index is 13.7. The van der Waals surface area contributed by atoms with E-state index in [4.69, 9.17) is 0 Å². The lowest BCUT2D eigenvalue weighted by molar-refractivity contribution is -0.175. The Hall–Kier alpha value is -2.80. The van der Waals surface area contributed by atoms with Crippen molar-refractivity contribution in [3.63, 3.8) is 0 Å². The average Bonchev–Trinajstić information content (AvgIpc) is 3.68. The van der Waals surface area contributed by atoms with Crippen LogP contribution in [0.2, 0.25) is 0 Å². The first-order chi connectivity index (χ1) is 17.9. The van der Waals surface area contributed by atoms with Crippen LogP contribution in [0, 0.1) is 17.3 Å². The molecule has 4 amide bonds. The Morgan fingerprint density at radius 1 is 1.05 bits per heavy atom. The highest BCUT2D eigenvalue weighted by molar-refractivity contribution is 5.94. The van der Waals surface area contributed by atoms with E-state index < -0.39 is 78.0 Å². The van der Waals surface area contributed by atoms with Gasteiger partial charge in [-0.2, -0.15) is 13.2 Å². The molecular weight excluding hydrogens is 529 g/mol. The highest BCUT2D eigenvalue weighted by atomic mass is 19.4. The Kier molecular flexibility index (Phi) is 8.66. The Morgan fingerprint density at radius 3 is 2.13 bits per heavy atom. The van der Waals surface area contributed by atoms with Crippen LogP contribution in [0.1, 0.15) is 65.7 Å². The first-order valence-corrected chi connectivity index (χ1v) is 13.0. The first kappa shape index (κ1) is 30.7.